The van der Waals surface area contributed by atoms with E-state index in [4.69, 9.17) is 4.74 Å². The Kier molecular flexibility index (Phi) is 10.0. The number of nitrogens with zero attached hydrogens (tertiary/aromatic N) is 6. The highest BCUT2D eigenvalue weighted by Crippen LogP contribution is 2.40. The SMILES string of the molecule is CC[C@@H]1CN(Cc2cc([C@@H](c3ccc4c(nnn4CC)c3C)C(C)(C)NC(=O)c3cnc(SC)nc3)ccc2C)S(=O)(=O)c2ccccc2O1. The van der Waals surface area contributed by atoms with Gasteiger partial charge in [-0.15, -0.1) is 5.10 Å². The highest BCUT2D eigenvalue weighted by Gasteiger charge is 2.38. The molecule has 0 fully saturated rings. The molecule has 3 heterocycles. The van der Waals surface area contributed by atoms with Crippen molar-refractivity contribution in [2.45, 2.75) is 88.7 Å². The summed E-state index contributed by atoms with van der Waals surface area (Å²) in [7, 11) is -3.85. The van der Waals surface area contributed by atoms with Gasteiger partial charge in [-0.05, 0) is 93.3 Å². The Morgan fingerprint density at radius 2 is 1.82 bits per heavy atom. The van der Waals surface area contributed by atoms with Gasteiger partial charge in [0.05, 0.1) is 17.6 Å². The molecular weight excluding hydrogens is 671 g/mol. The number of hydrogen-bond acceptors (Lipinski definition) is 9. The number of thioether (sulfide) groups is 1. The van der Waals surface area contributed by atoms with Crippen LogP contribution in [0.15, 0.2) is 77.0 Å². The molecule has 0 bridgehead atoms. The largest absolute Gasteiger partial charge is 0.488 e. The number of nitrogens with one attached hydrogen (secondary N) is 1. The predicted molar refractivity (Wildman–Crippen MR) is 195 cm³/mol. The Hall–Kier alpha value is -4.33. The maximum absolute atomic E-state index is 14.1. The van der Waals surface area contributed by atoms with Gasteiger partial charge in [-0.25, -0.2) is 23.1 Å². The normalized spacial score (nSPS) is 16.7. The molecule has 50 heavy (non-hydrogen) atoms. The highest BCUT2D eigenvalue weighted by molar-refractivity contribution is 7.98. The molecule has 0 saturated heterocycles. The summed E-state index contributed by atoms with van der Waals surface area (Å²) < 4.78 is 37.7. The van der Waals surface area contributed by atoms with Crippen LogP contribution in [0.2, 0.25) is 0 Å². The van der Waals surface area contributed by atoms with Gasteiger partial charge in [-0.1, -0.05) is 60.3 Å². The summed E-state index contributed by atoms with van der Waals surface area (Å²) in [5.41, 5.74) is 5.93. The zero-order chi connectivity index (χ0) is 35.8. The van der Waals surface area contributed by atoms with E-state index >= 15 is 0 Å². The Balaban J connectivity index is 1.44. The fourth-order valence-electron chi connectivity index (χ4n) is 6.73. The van der Waals surface area contributed by atoms with Crippen molar-refractivity contribution in [2.75, 3.05) is 12.8 Å². The van der Waals surface area contributed by atoms with Gasteiger partial charge >= 0.3 is 0 Å². The van der Waals surface area contributed by atoms with Crippen LogP contribution in [0.25, 0.3) is 11.0 Å². The lowest BCUT2D eigenvalue weighted by molar-refractivity contribution is 0.0905. The highest BCUT2D eigenvalue weighted by atomic mass is 32.2. The number of amides is 1. The molecule has 1 aliphatic heterocycles. The van der Waals surface area contributed by atoms with Crippen molar-refractivity contribution >= 4 is 38.7 Å². The van der Waals surface area contributed by atoms with E-state index in [1.807, 2.05) is 64.6 Å². The van der Waals surface area contributed by atoms with Gasteiger partial charge < -0.3 is 10.1 Å². The van der Waals surface area contributed by atoms with E-state index in [0.29, 0.717) is 29.4 Å². The van der Waals surface area contributed by atoms with Gasteiger partial charge in [0.25, 0.3) is 5.91 Å². The second-order valence-corrected chi connectivity index (χ2v) is 15.9. The van der Waals surface area contributed by atoms with Gasteiger partial charge in [-0.3, -0.25) is 4.79 Å². The number of carbonyl (C=O) groups excluding carboxylic acids is 1. The lowest BCUT2D eigenvalue weighted by atomic mass is 9.74. The van der Waals surface area contributed by atoms with Crippen LogP contribution >= 0.6 is 11.8 Å². The van der Waals surface area contributed by atoms with E-state index in [1.165, 1.54) is 28.5 Å². The predicted octanol–water partition coefficient (Wildman–Crippen LogP) is 6.28. The van der Waals surface area contributed by atoms with Gasteiger partial charge in [0.1, 0.15) is 22.3 Å². The standard InChI is InChI=1S/C37H43N7O4S2/c1-8-28-22-43(50(46,47)32-13-11-10-12-31(32)48-28)21-26-18-25(15-14-23(26)3)33(29-16-17-30-34(24(29)4)41-42-44(30)9-2)37(5,6)40-35(45)27-19-38-36(49-7)39-20-27/h10-20,28,33H,8-9,21-22H2,1-7H3,(H,40,45)/t28-,33+/m1/s1. The lowest BCUT2D eigenvalue weighted by Crippen LogP contribution is -2.48. The minimum Gasteiger partial charge on any atom is -0.488 e. The van der Waals surface area contributed by atoms with Gasteiger partial charge in [0.15, 0.2) is 5.16 Å². The molecule has 0 saturated carbocycles. The van der Waals surface area contributed by atoms with E-state index in [2.05, 4.69) is 43.8 Å². The Labute approximate surface area is 297 Å². The number of ether oxygens (including phenoxy) is 1. The van der Waals surface area contributed by atoms with Crippen LogP contribution in [-0.4, -0.2) is 68.0 Å². The first-order chi connectivity index (χ1) is 23.9. The van der Waals surface area contributed by atoms with Crippen molar-refractivity contribution in [3.63, 3.8) is 0 Å². The van der Waals surface area contributed by atoms with E-state index in [9.17, 15) is 13.2 Å². The third-order valence-corrected chi connectivity index (χ3v) is 11.9. The lowest BCUT2D eigenvalue weighted by Gasteiger charge is -2.37. The molecule has 0 unspecified atom stereocenters. The van der Waals surface area contributed by atoms with Crippen molar-refractivity contribution < 1.29 is 17.9 Å². The third-order valence-electron chi connectivity index (χ3n) is 9.50. The van der Waals surface area contributed by atoms with E-state index in [-0.39, 0.29) is 35.9 Å². The summed E-state index contributed by atoms with van der Waals surface area (Å²) in [6, 6.07) is 17.1. The topological polar surface area (TPSA) is 132 Å². The first kappa shape index (κ1) is 35.5. The Bertz CT molecular complexity index is 2150. The molecule has 11 nitrogen and oxygen atoms in total. The summed E-state index contributed by atoms with van der Waals surface area (Å²) in [4.78, 5) is 22.5. The zero-order valence-corrected chi connectivity index (χ0v) is 31.1. The van der Waals surface area contributed by atoms with Crippen molar-refractivity contribution in [1.82, 2.24) is 34.6 Å². The molecule has 262 valence electrons. The summed E-state index contributed by atoms with van der Waals surface area (Å²) in [6.45, 7) is 13.1. The summed E-state index contributed by atoms with van der Waals surface area (Å²) in [5, 5.41) is 12.7. The fourth-order valence-corrected chi connectivity index (χ4v) is 8.61. The minimum absolute atomic E-state index is 0.164. The number of carbonyl (C=O) groups is 1. The van der Waals surface area contributed by atoms with Crippen molar-refractivity contribution in [1.29, 1.82) is 0 Å². The van der Waals surface area contributed by atoms with E-state index < -0.39 is 15.6 Å². The zero-order valence-electron chi connectivity index (χ0n) is 29.5. The summed E-state index contributed by atoms with van der Waals surface area (Å²) in [6.07, 6.45) is 5.32. The minimum atomic E-state index is -3.85. The Morgan fingerprint density at radius 1 is 1.08 bits per heavy atom. The molecule has 5 aromatic rings. The van der Waals surface area contributed by atoms with Gasteiger partial charge in [-0.2, -0.15) is 4.31 Å². The average Bonchev–Trinajstić information content (AvgIpc) is 3.49. The number of benzene rings is 3. The second-order valence-electron chi connectivity index (χ2n) is 13.2. The number of aromatic nitrogens is 5. The maximum Gasteiger partial charge on any atom is 0.254 e. The first-order valence-electron chi connectivity index (χ1n) is 16.7. The third kappa shape index (κ3) is 6.73. The van der Waals surface area contributed by atoms with Crippen molar-refractivity contribution in [3.05, 3.63) is 100 Å². The molecule has 0 aliphatic carbocycles. The van der Waals surface area contributed by atoms with Crippen LogP contribution in [0.5, 0.6) is 5.75 Å². The number of sulfonamides is 1. The van der Waals surface area contributed by atoms with E-state index in [0.717, 1.165) is 38.9 Å². The molecule has 1 aliphatic rings. The van der Waals surface area contributed by atoms with E-state index in [1.54, 1.807) is 24.3 Å². The monoisotopic (exact) mass is 713 g/mol. The fraction of sp³-hybridized carbons (Fsp3) is 0.378. The Morgan fingerprint density at radius 3 is 2.52 bits per heavy atom. The molecule has 0 radical (unpaired) electrons. The van der Waals surface area contributed by atoms with Crippen LogP contribution in [0, 0.1) is 13.8 Å². The van der Waals surface area contributed by atoms with Gasteiger partial charge in [0, 0.05) is 36.9 Å². The molecule has 2 aromatic heterocycles. The van der Waals surface area contributed by atoms with Crippen LogP contribution in [0.1, 0.15) is 78.2 Å². The summed E-state index contributed by atoms with van der Waals surface area (Å²) in [5.74, 6) is -0.277. The van der Waals surface area contributed by atoms with Gasteiger partial charge in [0.2, 0.25) is 10.0 Å². The number of para-hydroxylation sites is 1. The summed E-state index contributed by atoms with van der Waals surface area (Å²) >= 11 is 1.41. The number of aryl methyl sites for hydroxylation is 3. The van der Waals surface area contributed by atoms with Crippen molar-refractivity contribution in [3.8, 4) is 5.75 Å². The maximum atomic E-state index is 14.1. The van der Waals surface area contributed by atoms with Crippen LogP contribution in [0.3, 0.4) is 0 Å². The average molecular weight is 714 g/mol. The van der Waals surface area contributed by atoms with Crippen LogP contribution in [0.4, 0.5) is 0 Å². The smallest absolute Gasteiger partial charge is 0.254 e. The van der Waals surface area contributed by atoms with Crippen molar-refractivity contribution in [2.24, 2.45) is 0 Å². The molecule has 3 aromatic carbocycles. The van der Waals surface area contributed by atoms with Crippen LogP contribution in [-0.2, 0) is 23.1 Å². The molecule has 13 heteroatoms. The molecule has 1 amide bonds. The quantitative estimate of drug-likeness (QED) is 0.131. The number of rotatable bonds is 10. The number of fused-ring (bicyclic) bond motifs is 2. The van der Waals surface area contributed by atoms with Crippen LogP contribution < -0.4 is 10.1 Å². The molecule has 1 N–H and O–H groups in total. The molecule has 2 atom stereocenters. The first-order valence-corrected chi connectivity index (χ1v) is 19.4. The molecular formula is C37H43N7O4S2. The second kappa shape index (κ2) is 14.1. The number of hydrogen-bond donors (Lipinski definition) is 1. The molecule has 6 rings (SSSR count). The molecule has 0 spiro atoms.